The van der Waals surface area contributed by atoms with Crippen LogP contribution in [0.15, 0.2) is 42.6 Å². The molecule has 0 amide bonds. The first-order valence-electron chi connectivity index (χ1n) is 6.91. The van der Waals surface area contributed by atoms with Gasteiger partial charge in [-0.1, -0.05) is 43.7 Å². The van der Waals surface area contributed by atoms with Gasteiger partial charge in [0.15, 0.2) is 0 Å². The summed E-state index contributed by atoms with van der Waals surface area (Å²) in [5, 5.41) is 0. The van der Waals surface area contributed by atoms with E-state index in [0.717, 1.165) is 12.8 Å². The molecule has 0 saturated carbocycles. The van der Waals surface area contributed by atoms with Crippen LogP contribution in [0, 0.1) is 0 Å². The van der Waals surface area contributed by atoms with E-state index in [4.69, 9.17) is 0 Å². The van der Waals surface area contributed by atoms with Crippen LogP contribution < -0.4 is 0 Å². The molecule has 1 atom stereocenters. The molecule has 1 nitrogen and oxygen atoms in total. The van der Waals surface area contributed by atoms with Crippen LogP contribution in [0.1, 0.15) is 48.1 Å². The van der Waals surface area contributed by atoms with Crippen molar-refractivity contribution < 1.29 is 0 Å². The predicted octanol–water partition coefficient (Wildman–Crippen LogP) is 4.11. The fraction of sp³-hybridized carbons (Fsp3) is 0.353. The molecule has 0 spiro atoms. The molecule has 92 valence electrons. The van der Waals surface area contributed by atoms with Gasteiger partial charge in [0.2, 0.25) is 0 Å². The van der Waals surface area contributed by atoms with Crippen LogP contribution >= 0.6 is 0 Å². The number of hydrogen-bond acceptors (Lipinski definition) is 1. The third-order valence-corrected chi connectivity index (χ3v) is 3.93. The van der Waals surface area contributed by atoms with E-state index in [-0.39, 0.29) is 0 Å². The fourth-order valence-corrected chi connectivity index (χ4v) is 3.08. The van der Waals surface area contributed by atoms with E-state index < -0.39 is 0 Å². The van der Waals surface area contributed by atoms with E-state index in [0.29, 0.717) is 5.92 Å². The number of benzene rings is 1. The maximum atomic E-state index is 4.68. The van der Waals surface area contributed by atoms with Crippen molar-refractivity contribution in [3.05, 3.63) is 65.0 Å². The van der Waals surface area contributed by atoms with Crippen LogP contribution in [0.3, 0.4) is 0 Å². The van der Waals surface area contributed by atoms with Crippen molar-refractivity contribution >= 4 is 0 Å². The highest BCUT2D eigenvalue weighted by Crippen LogP contribution is 2.35. The Balaban J connectivity index is 2.15. The van der Waals surface area contributed by atoms with Crippen LogP contribution in [0.25, 0.3) is 0 Å². The summed E-state index contributed by atoms with van der Waals surface area (Å²) in [4.78, 5) is 4.68. The zero-order valence-corrected chi connectivity index (χ0v) is 10.9. The van der Waals surface area contributed by atoms with Gasteiger partial charge in [-0.15, -0.1) is 0 Å². The smallest absolute Gasteiger partial charge is 0.0510 e. The number of aryl methyl sites for hydroxylation is 2. The Morgan fingerprint density at radius 2 is 1.83 bits per heavy atom. The summed E-state index contributed by atoms with van der Waals surface area (Å²) in [6.45, 7) is 2.26. The van der Waals surface area contributed by atoms with Crippen LogP contribution in [-0.4, -0.2) is 4.98 Å². The Kier molecular flexibility index (Phi) is 3.14. The fourth-order valence-electron chi connectivity index (χ4n) is 3.08. The van der Waals surface area contributed by atoms with Crippen LogP contribution in [0.5, 0.6) is 0 Å². The molecular formula is C17H19N. The number of fused-ring (bicyclic) bond motifs is 2. The zero-order chi connectivity index (χ0) is 12.4. The molecule has 1 heteroatoms. The highest BCUT2D eigenvalue weighted by Gasteiger charge is 2.23. The molecule has 18 heavy (non-hydrogen) atoms. The Labute approximate surface area is 109 Å². The number of pyridine rings is 1. The van der Waals surface area contributed by atoms with Gasteiger partial charge in [-0.3, -0.25) is 4.98 Å². The van der Waals surface area contributed by atoms with Crippen molar-refractivity contribution in [1.29, 1.82) is 0 Å². The molecule has 1 aliphatic carbocycles. The van der Waals surface area contributed by atoms with Crippen molar-refractivity contribution in [2.45, 2.75) is 38.5 Å². The second kappa shape index (κ2) is 4.93. The van der Waals surface area contributed by atoms with E-state index in [1.54, 1.807) is 0 Å². The minimum atomic E-state index is 0.491. The molecule has 0 radical (unpaired) electrons. The molecule has 1 aliphatic rings. The summed E-state index contributed by atoms with van der Waals surface area (Å²) in [7, 11) is 0. The van der Waals surface area contributed by atoms with E-state index >= 15 is 0 Å². The normalized spacial score (nSPS) is 17.7. The van der Waals surface area contributed by atoms with Gasteiger partial charge in [0, 0.05) is 12.1 Å². The van der Waals surface area contributed by atoms with Crippen LogP contribution in [-0.2, 0) is 12.8 Å². The minimum absolute atomic E-state index is 0.491. The van der Waals surface area contributed by atoms with Gasteiger partial charge in [-0.2, -0.15) is 0 Å². The molecule has 0 unspecified atom stereocenters. The molecule has 3 rings (SSSR count). The van der Waals surface area contributed by atoms with Gasteiger partial charge < -0.3 is 0 Å². The maximum absolute atomic E-state index is 4.68. The third-order valence-electron chi connectivity index (χ3n) is 3.93. The summed E-state index contributed by atoms with van der Waals surface area (Å²) >= 11 is 0. The van der Waals surface area contributed by atoms with Gasteiger partial charge in [0.05, 0.1) is 5.69 Å². The molecule has 2 aromatic rings. The van der Waals surface area contributed by atoms with Crippen molar-refractivity contribution in [3.63, 3.8) is 0 Å². The molecule has 0 N–H and O–H groups in total. The standard InChI is InChI=1S/C17H19N/c1-2-6-16-15-9-4-3-7-13(15)10-11-14-8-5-12-18-17(14)16/h3-5,7-9,12,16H,2,6,10-11H2,1H3/t16-/m0/s1. The molecule has 0 saturated heterocycles. The van der Waals surface area contributed by atoms with Gasteiger partial charge in [-0.05, 0) is 42.0 Å². The lowest BCUT2D eigenvalue weighted by atomic mass is 9.88. The molecule has 0 fully saturated rings. The van der Waals surface area contributed by atoms with Crippen molar-refractivity contribution in [2.24, 2.45) is 0 Å². The Bertz CT molecular complexity index is 497. The Morgan fingerprint density at radius 1 is 1.06 bits per heavy atom. The maximum Gasteiger partial charge on any atom is 0.0510 e. The molecule has 1 aromatic carbocycles. The van der Waals surface area contributed by atoms with Crippen LogP contribution in [0.2, 0.25) is 0 Å². The molecule has 0 bridgehead atoms. The highest BCUT2D eigenvalue weighted by atomic mass is 14.7. The number of aromatic nitrogens is 1. The summed E-state index contributed by atoms with van der Waals surface area (Å²) < 4.78 is 0. The average Bonchev–Trinajstić information content (AvgIpc) is 2.58. The van der Waals surface area contributed by atoms with E-state index in [2.05, 4.69) is 48.3 Å². The molecule has 1 aromatic heterocycles. The van der Waals surface area contributed by atoms with E-state index in [1.807, 2.05) is 6.20 Å². The van der Waals surface area contributed by atoms with Crippen molar-refractivity contribution in [3.8, 4) is 0 Å². The average molecular weight is 237 g/mol. The number of rotatable bonds is 2. The van der Waals surface area contributed by atoms with Gasteiger partial charge in [0.1, 0.15) is 0 Å². The molecular weight excluding hydrogens is 218 g/mol. The van der Waals surface area contributed by atoms with Crippen LogP contribution in [0.4, 0.5) is 0 Å². The lowest BCUT2D eigenvalue weighted by Crippen LogP contribution is -2.05. The first-order chi connectivity index (χ1) is 8.90. The van der Waals surface area contributed by atoms with Crippen molar-refractivity contribution in [2.75, 3.05) is 0 Å². The number of nitrogens with zero attached hydrogens (tertiary/aromatic N) is 1. The summed E-state index contributed by atoms with van der Waals surface area (Å²) in [5.74, 6) is 0.491. The lowest BCUT2D eigenvalue weighted by molar-refractivity contribution is 0.677. The topological polar surface area (TPSA) is 12.9 Å². The highest BCUT2D eigenvalue weighted by molar-refractivity contribution is 5.41. The van der Waals surface area contributed by atoms with Crippen molar-refractivity contribution in [1.82, 2.24) is 4.98 Å². The summed E-state index contributed by atoms with van der Waals surface area (Å²) in [6.07, 6.45) is 6.61. The lowest BCUT2D eigenvalue weighted by Gasteiger charge is -2.18. The third kappa shape index (κ3) is 1.94. The Morgan fingerprint density at radius 3 is 2.72 bits per heavy atom. The predicted molar refractivity (Wildman–Crippen MR) is 74.8 cm³/mol. The van der Waals surface area contributed by atoms with Gasteiger partial charge in [-0.25, -0.2) is 0 Å². The summed E-state index contributed by atoms with van der Waals surface area (Å²) in [5.41, 5.74) is 5.75. The minimum Gasteiger partial charge on any atom is -0.260 e. The molecule has 1 heterocycles. The Hall–Kier alpha value is -1.63. The quantitative estimate of drug-likeness (QED) is 0.766. The van der Waals surface area contributed by atoms with Gasteiger partial charge in [0.25, 0.3) is 0 Å². The second-order valence-electron chi connectivity index (χ2n) is 5.09. The van der Waals surface area contributed by atoms with E-state index in [9.17, 15) is 0 Å². The first-order valence-corrected chi connectivity index (χ1v) is 6.91. The van der Waals surface area contributed by atoms with E-state index in [1.165, 1.54) is 35.2 Å². The largest absolute Gasteiger partial charge is 0.260 e. The first kappa shape index (κ1) is 11.5. The SMILES string of the molecule is CCC[C@H]1c2ccccc2CCc2cccnc21. The number of hydrogen-bond donors (Lipinski definition) is 0. The second-order valence-corrected chi connectivity index (χ2v) is 5.09. The zero-order valence-electron chi connectivity index (χ0n) is 10.9. The molecule has 0 aliphatic heterocycles. The monoisotopic (exact) mass is 237 g/mol. The summed E-state index contributed by atoms with van der Waals surface area (Å²) in [6, 6.07) is 13.2. The van der Waals surface area contributed by atoms with Gasteiger partial charge >= 0.3 is 0 Å².